The third-order valence-electron chi connectivity index (χ3n) is 1.45. The molecule has 0 rings (SSSR count). The molecule has 20 heavy (non-hydrogen) atoms. The molecule has 92 valence electrons. The van der Waals surface area contributed by atoms with Gasteiger partial charge in [0.2, 0.25) is 0 Å². The Hall–Kier alpha value is -3.49. The third-order valence-corrected chi connectivity index (χ3v) is 1.45. The Morgan fingerprint density at radius 3 is 1.70 bits per heavy atom. The van der Waals surface area contributed by atoms with Crippen molar-refractivity contribution in [1.29, 1.82) is 0 Å². The molecule has 0 saturated heterocycles. The van der Waals surface area contributed by atoms with Gasteiger partial charge in [-0.05, 0) is 76.5 Å². The SMILES string of the molecule is C=C=C=C=C=C=C=C=C=C=C=C=C=C=CC(=O)[C@H](C)N. The molecule has 0 spiro atoms. The van der Waals surface area contributed by atoms with Gasteiger partial charge in [-0.2, -0.15) is 0 Å². The Bertz CT molecular complexity index is 864. The van der Waals surface area contributed by atoms with Gasteiger partial charge < -0.3 is 5.73 Å². The molecular weight excluding hydrogens is 246 g/mol. The molecule has 0 aliphatic rings. The van der Waals surface area contributed by atoms with E-state index in [1.54, 1.807) is 6.92 Å². The molecule has 0 amide bonds. The smallest absolute Gasteiger partial charge is 0.180 e. The van der Waals surface area contributed by atoms with E-state index in [0.717, 1.165) is 0 Å². The first kappa shape index (κ1) is 16.5. The minimum atomic E-state index is -0.553. The Kier molecular flexibility index (Phi) is 9.89. The van der Waals surface area contributed by atoms with E-state index in [1.165, 1.54) is 6.08 Å². The first-order valence-electron chi connectivity index (χ1n) is 5.33. The maximum Gasteiger partial charge on any atom is 0.180 e. The zero-order valence-electron chi connectivity index (χ0n) is 10.8. The van der Waals surface area contributed by atoms with Crippen LogP contribution in [0, 0.1) is 0 Å². The van der Waals surface area contributed by atoms with E-state index in [4.69, 9.17) is 5.73 Å². The van der Waals surface area contributed by atoms with Crippen molar-refractivity contribution in [2.24, 2.45) is 5.73 Å². The number of nitrogens with two attached hydrogens (primary N) is 1. The highest BCUT2D eigenvalue weighted by atomic mass is 16.1. The summed E-state index contributed by atoms with van der Waals surface area (Å²) in [6.45, 7) is 4.87. The lowest BCUT2D eigenvalue weighted by Crippen LogP contribution is -2.24. The number of ketones is 1. The lowest BCUT2D eigenvalue weighted by Gasteiger charge is -1.93. The number of carbonyl (C=O) groups excluding carboxylic acids is 1. The van der Waals surface area contributed by atoms with Gasteiger partial charge in [0.25, 0.3) is 0 Å². The zero-order chi connectivity index (χ0) is 15.1. The van der Waals surface area contributed by atoms with Crippen LogP contribution in [0.5, 0.6) is 0 Å². The summed E-state index contributed by atoms with van der Waals surface area (Å²) in [6.07, 6.45) is 1.18. The minimum Gasteiger partial charge on any atom is -0.321 e. The lowest BCUT2D eigenvalue weighted by molar-refractivity contribution is -0.115. The second kappa shape index (κ2) is 12.0. The molecule has 0 aromatic carbocycles. The van der Waals surface area contributed by atoms with Gasteiger partial charge in [-0.25, -0.2) is 0 Å². The fourth-order valence-corrected chi connectivity index (χ4v) is 0.600. The average Bonchev–Trinajstić information content (AvgIpc) is 2.43. The summed E-state index contributed by atoms with van der Waals surface area (Å²) >= 11 is 0. The Balaban J connectivity index is 5.44. The maximum absolute atomic E-state index is 11.0. The largest absolute Gasteiger partial charge is 0.321 e. The molecular formula is C18H9NO. The zero-order valence-corrected chi connectivity index (χ0v) is 10.8. The monoisotopic (exact) mass is 255 g/mol. The normalized spacial score (nSPS) is 7.10. The molecule has 0 aliphatic carbocycles. The van der Waals surface area contributed by atoms with Crippen LogP contribution < -0.4 is 5.73 Å². The first-order valence-corrected chi connectivity index (χ1v) is 5.33. The van der Waals surface area contributed by atoms with Crippen molar-refractivity contribution in [3.8, 4) is 0 Å². The predicted octanol–water partition coefficient (Wildman–Crippen LogP) is 2.10. The summed E-state index contributed by atoms with van der Waals surface area (Å²) in [5, 5.41) is 0. The Labute approximate surface area is 117 Å². The summed E-state index contributed by atoms with van der Waals surface area (Å²) < 4.78 is 0. The van der Waals surface area contributed by atoms with Crippen LogP contribution in [-0.4, -0.2) is 11.8 Å². The molecule has 0 aliphatic heterocycles. The number of hydrogen-bond donors (Lipinski definition) is 1. The summed E-state index contributed by atoms with van der Waals surface area (Å²) in [4.78, 5) is 11.0. The average molecular weight is 255 g/mol. The second-order valence-corrected chi connectivity index (χ2v) is 3.03. The summed E-state index contributed by atoms with van der Waals surface area (Å²) in [5.41, 5.74) is 37.2. The van der Waals surface area contributed by atoms with Crippen molar-refractivity contribution in [2.45, 2.75) is 13.0 Å². The van der Waals surface area contributed by atoms with E-state index in [2.05, 4.69) is 81.1 Å². The van der Waals surface area contributed by atoms with Crippen LogP contribution in [0.15, 0.2) is 87.2 Å². The summed E-state index contributed by atoms with van der Waals surface area (Å²) in [5.74, 6) is -0.244. The van der Waals surface area contributed by atoms with Gasteiger partial charge >= 0.3 is 0 Å². The predicted molar refractivity (Wildman–Crippen MR) is 74.5 cm³/mol. The summed E-state index contributed by atoms with van der Waals surface area (Å²) in [7, 11) is 0. The van der Waals surface area contributed by atoms with E-state index >= 15 is 0 Å². The standard InChI is InChI=1S/C18H9NO/c1-3-4-5-6-7-8-9-10-11-12-13-14-15-16-18(20)17(2)19/h16-17H,1,19H2,2H3/t17-/m0/s1. The second-order valence-electron chi connectivity index (χ2n) is 3.03. The van der Waals surface area contributed by atoms with E-state index in [9.17, 15) is 4.79 Å². The fraction of sp³-hybridized carbons (Fsp3) is 0.111. The van der Waals surface area contributed by atoms with Crippen LogP contribution in [0.2, 0.25) is 0 Å². The third kappa shape index (κ3) is 11.0. The van der Waals surface area contributed by atoms with Crippen molar-refractivity contribution in [1.82, 2.24) is 0 Å². The van der Waals surface area contributed by atoms with E-state index in [0.29, 0.717) is 0 Å². The van der Waals surface area contributed by atoms with E-state index in [-0.39, 0.29) is 5.78 Å². The first-order chi connectivity index (χ1) is 9.68. The Morgan fingerprint density at radius 2 is 1.30 bits per heavy atom. The van der Waals surface area contributed by atoms with Gasteiger partial charge in [0, 0.05) is 6.08 Å². The van der Waals surface area contributed by atoms with Crippen molar-refractivity contribution >= 4 is 5.78 Å². The molecule has 0 saturated carbocycles. The highest BCUT2D eigenvalue weighted by molar-refractivity contribution is 5.93. The number of hydrogen-bond acceptors (Lipinski definition) is 2. The van der Waals surface area contributed by atoms with Gasteiger partial charge in [-0.3, -0.25) is 4.79 Å². The van der Waals surface area contributed by atoms with E-state index in [1.807, 2.05) is 0 Å². The summed E-state index contributed by atoms with van der Waals surface area (Å²) in [6, 6.07) is -0.553. The lowest BCUT2D eigenvalue weighted by atomic mass is 10.2. The Morgan fingerprint density at radius 1 is 0.900 bits per heavy atom. The van der Waals surface area contributed by atoms with Crippen LogP contribution in [-0.2, 0) is 4.79 Å². The van der Waals surface area contributed by atoms with Gasteiger partial charge in [0.05, 0.1) is 6.04 Å². The van der Waals surface area contributed by atoms with Crippen LogP contribution >= 0.6 is 0 Å². The van der Waals surface area contributed by atoms with Crippen molar-refractivity contribution in [2.75, 3.05) is 0 Å². The molecule has 0 aromatic heterocycles. The molecule has 0 bridgehead atoms. The minimum absolute atomic E-state index is 0.244. The fourth-order valence-electron chi connectivity index (χ4n) is 0.600. The van der Waals surface area contributed by atoms with Crippen molar-refractivity contribution in [3.05, 3.63) is 87.2 Å². The number of rotatable bonds is 2. The van der Waals surface area contributed by atoms with Crippen molar-refractivity contribution in [3.63, 3.8) is 0 Å². The molecule has 2 heteroatoms. The van der Waals surface area contributed by atoms with Gasteiger partial charge in [-0.15, -0.1) is 0 Å². The van der Waals surface area contributed by atoms with E-state index < -0.39 is 6.04 Å². The highest BCUT2D eigenvalue weighted by Crippen LogP contribution is 1.79. The molecule has 1 atom stereocenters. The molecule has 0 fully saturated rings. The molecule has 0 aromatic rings. The van der Waals surface area contributed by atoms with Crippen LogP contribution in [0.3, 0.4) is 0 Å². The highest BCUT2D eigenvalue weighted by Gasteiger charge is 2.00. The van der Waals surface area contributed by atoms with Crippen LogP contribution in [0.4, 0.5) is 0 Å². The molecule has 0 unspecified atom stereocenters. The van der Waals surface area contributed by atoms with Crippen LogP contribution in [0.1, 0.15) is 6.92 Å². The van der Waals surface area contributed by atoms with Gasteiger partial charge in [0.1, 0.15) is 0 Å². The van der Waals surface area contributed by atoms with Crippen LogP contribution in [0.25, 0.3) is 0 Å². The molecule has 2 N–H and O–H groups in total. The van der Waals surface area contributed by atoms with Gasteiger partial charge in [0.15, 0.2) is 5.78 Å². The molecule has 0 radical (unpaired) electrons. The molecule has 2 nitrogen and oxygen atoms in total. The quantitative estimate of drug-likeness (QED) is 0.606. The molecule has 0 heterocycles. The maximum atomic E-state index is 11.0. The van der Waals surface area contributed by atoms with Gasteiger partial charge in [-0.1, -0.05) is 11.5 Å². The number of carbonyl (C=O) groups is 1. The van der Waals surface area contributed by atoms with Crippen molar-refractivity contribution < 1.29 is 4.79 Å². The topological polar surface area (TPSA) is 43.1 Å².